The molecule has 0 radical (unpaired) electrons. The van der Waals surface area contributed by atoms with E-state index in [2.05, 4.69) is 25.6 Å². The molecule has 1 aliphatic heterocycles. The molecule has 2 aromatic rings. The summed E-state index contributed by atoms with van der Waals surface area (Å²) in [4.78, 5) is 23.5. The second-order valence-corrected chi connectivity index (χ2v) is 8.68. The summed E-state index contributed by atoms with van der Waals surface area (Å²) in [6.07, 6.45) is 4.57. The number of Topliss-reactive ketones (excluding diaryl/α,β-unsaturated/α-hetero) is 1. The zero-order valence-corrected chi connectivity index (χ0v) is 18.5. The third kappa shape index (κ3) is 4.53. The first-order valence-electron chi connectivity index (χ1n) is 11.5. The first kappa shape index (κ1) is 22.8. The quantitative estimate of drug-likeness (QED) is 0.567. The average Bonchev–Trinajstić information content (AvgIpc) is 3.45. The van der Waals surface area contributed by atoms with Gasteiger partial charge in [-0.25, -0.2) is 9.97 Å². The first-order chi connectivity index (χ1) is 15.3. The number of H-pyrrole nitrogens is 1. The highest BCUT2D eigenvalue weighted by Crippen LogP contribution is 2.42. The number of aromatic nitrogens is 3. The van der Waals surface area contributed by atoms with Crippen LogP contribution in [0, 0.1) is 0 Å². The van der Waals surface area contributed by atoms with Gasteiger partial charge >= 0.3 is 6.18 Å². The summed E-state index contributed by atoms with van der Waals surface area (Å²) in [7, 11) is 0. The number of halogens is 3. The van der Waals surface area contributed by atoms with Crippen molar-refractivity contribution in [2.45, 2.75) is 83.0 Å². The Morgan fingerprint density at radius 1 is 1.16 bits per heavy atom. The van der Waals surface area contributed by atoms with E-state index in [-0.39, 0.29) is 23.5 Å². The Balaban J connectivity index is 0.00000119. The van der Waals surface area contributed by atoms with Crippen LogP contribution in [0.1, 0.15) is 80.4 Å². The third-order valence-corrected chi connectivity index (χ3v) is 6.58. The normalized spacial score (nSPS) is 21.9. The predicted octanol–water partition coefficient (Wildman–Crippen LogP) is 5.12. The molecule has 3 aliphatic rings. The SMILES string of the molecule is CC.O=C1CCCCc2c(-c3nc(NC4CCC5(CC5)NC4)ncc3C(F)(F)F)c[nH]c21. The Bertz CT molecular complexity index is 970. The van der Waals surface area contributed by atoms with E-state index in [0.29, 0.717) is 35.2 Å². The summed E-state index contributed by atoms with van der Waals surface area (Å²) in [5.74, 6) is 0.128. The van der Waals surface area contributed by atoms with E-state index in [9.17, 15) is 18.0 Å². The van der Waals surface area contributed by atoms with Crippen molar-refractivity contribution in [2.75, 3.05) is 11.9 Å². The van der Waals surface area contributed by atoms with Crippen LogP contribution in [0.3, 0.4) is 0 Å². The molecule has 3 N–H and O–H groups in total. The molecule has 1 unspecified atom stereocenters. The lowest BCUT2D eigenvalue weighted by Gasteiger charge is -2.30. The monoisotopic (exact) mass is 449 g/mol. The van der Waals surface area contributed by atoms with Gasteiger partial charge in [0.15, 0.2) is 5.78 Å². The standard InChI is InChI=1S/C21H24F3N5O.C2H6/c22-21(23,24)15-11-26-19(28-12-5-6-20(7-8-20)27-9-12)29-17(15)14-10-25-18-13(14)3-1-2-4-16(18)30;1-2/h10-12,25,27H,1-9H2,(H,26,28,29);1-2H3. The van der Waals surface area contributed by atoms with Crippen molar-refractivity contribution in [1.29, 1.82) is 0 Å². The summed E-state index contributed by atoms with van der Waals surface area (Å²) in [6, 6.07) is 0.0747. The Morgan fingerprint density at radius 3 is 2.56 bits per heavy atom. The largest absolute Gasteiger partial charge is 0.419 e. The summed E-state index contributed by atoms with van der Waals surface area (Å²) in [5, 5.41) is 6.73. The van der Waals surface area contributed by atoms with E-state index in [1.54, 1.807) is 0 Å². The molecular weight excluding hydrogens is 419 g/mol. The molecule has 0 bridgehead atoms. The van der Waals surface area contributed by atoms with Crippen LogP contribution in [-0.2, 0) is 12.6 Å². The van der Waals surface area contributed by atoms with Gasteiger partial charge in [-0.05, 0) is 50.5 Å². The van der Waals surface area contributed by atoms with E-state index in [0.717, 1.165) is 38.4 Å². The summed E-state index contributed by atoms with van der Waals surface area (Å²) < 4.78 is 41.2. The van der Waals surface area contributed by atoms with Crippen molar-refractivity contribution < 1.29 is 18.0 Å². The number of rotatable bonds is 3. The second kappa shape index (κ2) is 8.84. The minimum absolute atomic E-state index is 0.0583. The summed E-state index contributed by atoms with van der Waals surface area (Å²) >= 11 is 0. The van der Waals surface area contributed by atoms with Crippen molar-refractivity contribution in [2.24, 2.45) is 0 Å². The van der Waals surface area contributed by atoms with Crippen LogP contribution in [-0.4, -0.2) is 38.9 Å². The van der Waals surface area contributed by atoms with Gasteiger partial charge < -0.3 is 15.6 Å². The lowest BCUT2D eigenvalue weighted by molar-refractivity contribution is -0.137. The molecule has 9 heteroatoms. The average molecular weight is 450 g/mol. The van der Waals surface area contributed by atoms with Crippen LogP contribution in [0.15, 0.2) is 12.4 Å². The molecule has 1 spiro atoms. The molecule has 2 aromatic heterocycles. The van der Waals surface area contributed by atoms with Crippen molar-refractivity contribution in [3.05, 3.63) is 29.2 Å². The van der Waals surface area contributed by atoms with Crippen LogP contribution < -0.4 is 10.6 Å². The van der Waals surface area contributed by atoms with Crippen LogP contribution in [0.25, 0.3) is 11.3 Å². The minimum atomic E-state index is -4.59. The Hall–Kier alpha value is -2.42. The van der Waals surface area contributed by atoms with E-state index in [1.807, 2.05) is 13.8 Å². The first-order valence-corrected chi connectivity index (χ1v) is 11.5. The zero-order valence-electron chi connectivity index (χ0n) is 18.5. The summed E-state index contributed by atoms with van der Waals surface area (Å²) in [5.41, 5.74) is 0.619. The fourth-order valence-corrected chi connectivity index (χ4v) is 4.61. The second-order valence-electron chi connectivity index (χ2n) is 8.68. The van der Waals surface area contributed by atoms with Crippen molar-refractivity contribution in [1.82, 2.24) is 20.3 Å². The molecule has 32 heavy (non-hydrogen) atoms. The number of hydrogen-bond donors (Lipinski definition) is 3. The van der Waals surface area contributed by atoms with Gasteiger partial charge in [0.25, 0.3) is 0 Å². The minimum Gasteiger partial charge on any atom is -0.358 e. The van der Waals surface area contributed by atoms with Crippen LogP contribution >= 0.6 is 0 Å². The Morgan fingerprint density at radius 2 is 1.91 bits per heavy atom. The number of carbonyl (C=O) groups is 1. The maximum Gasteiger partial charge on any atom is 0.419 e. The topological polar surface area (TPSA) is 82.7 Å². The molecule has 0 aromatic carbocycles. The third-order valence-electron chi connectivity index (χ3n) is 6.58. The molecule has 174 valence electrons. The molecule has 2 aliphatic carbocycles. The van der Waals surface area contributed by atoms with Gasteiger partial charge in [0.05, 0.1) is 11.4 Å². The number of fused-ring (bicyclic) bond motifs is 1. The molecule has 1 atom stereocenters. The van der Waals surface area contributed by atoms with Crippen LogP contribution in [0.5, 0.6) is 0 Å². The number of carbonyl (C=O) groups excluding carboxylic acids is 1. The number of nitrogens with one attached hydrogen (secondary N) is 3. The predicted molar refractivity (Wildman–Crippen MR) is 117 cm³/mol. The molecule has 6 nitrogen and oxygen atoms in total. The van der Waals surface area contributed by atoms with Gasteiger partial charge in [-0.2, -0.15) is 13.2 Å². The van der Waals surface area contributed by atoms with Crippen LogP contribution in [0.2, 0.25) is 0 Å². The maximum absolute atomic E-state index is 13.7. The fourth-order valence-electron chi connectivity index (χ4n) is 4.61. The number of piperidine rings is 1. The molecule has 0 amide bonds. The van der Waals surface area contributed by atoms with Crippen molar-refractivity contribution >= 4 is 11.7 Å². The number of anilines is 1. The highest BCUT2D eigenvalue weighted by Gasteiger charge is 2.45. The number of nitrogens with zero attached hydrogens (tertiary/aromatic N) is 2. The van der Waals surface area contributed by atoms with Gasteiger partial charge in [0.1, 0.15) is 5.56 Å². The van der Waals surface area contributed by atoms with E-state index >= 15 is 0 Å². The van der Waals surface area contributed by atoms with Gasteiger partial charge in [-0.1, -0.05) is 13.8 Å². The van der Waals surface area contributed by atoms with Gasteiger partial charge in [-0.3, -0.25) is 4.79 Å². The summed E-state index contributed by atoms with van der Waals surface area (Å²) in [6.45, 7) is 4.74. The lowest BCUT2D eigenvalue weighted by Crippen LogP contribution is -2.46. The van der Waals surface area contributed by atoms with Gasteiger partial charge in [0.2, 0.25) is 5.95 Å². The fraction of sp³-hybridized carbons (Fsp3) is 0.609. The molecule has 1 saturated carbocycles. The highest BCUT2D eigenvalue weighted by molar-refractivity contribution is 5.98. The molecule has 5 rings (SSSR count). The Kier molecular flexibility index (Phi) is 6.29. The van der Waals surface area contributed by atoms with Crippen molar-refractivity contribution in [3.8, 4) is 11.3 Å². The smallest absolute Gasteiger partial charge is 0.358 e. The zero-order chi connectivity index (χ0) is 22.9. The lowest BCUT2D eigenvalue weighted by atomic mass is 9.99. The number of ketones is 1. The van der Waals surface area contributed by atoms with Crippen molar-refractivity contribution in [3.63, 3.8) is 0 Å². The molecule has 1 saturated heterocycles. The number of alkyl halides is 3. The van der Waals surface area contributed by atoms with E-state index in [1.165, 1.54) is 19.0 Å². The molecule has 3 heterocycles. The van der Waals surface area contributed by atoms with Gasteiger partial charge in [0, 0.05) is 42.5 Å². The van der Waals surface area contributed by atoms with Crippen LogP contribution in [0.4, 0.5) is 19.1 Å². The van der Waals surface area contributed by atoms with E-state index in [4.69, 9.17) is 0 Å². The van der Waals surface area contributed by atoms with Gasteiger partial charge in [-0.15, -0.1) is 0 Å². The number of hydrogen-bond acceptors (Lipinski definition) is 5. The van der Waals surface area contributed by atoms with E-state index < -0.39 is 11.7 Å². The number of aromatic amines is 1. The molecule has 2 fully saturated rings. The maximum atomic E-state index is 13.7. The Labute approximate surface area is 185 Å². The molecular formula is C23H30F3N5O. The highest BCUT2D eigenvalue weighted by atomic mass is 19.4.